The molecule has 2 heterocycles. The lowest BCUT2D eigenvalue weighted by Gasteiger charge is -2.32. The van der Waals surface area contributed by atoms with Crippen molar-refractivity contribution in [3.63, 3.8) is 0 Å². The quantitative estimate of drug-likeness (QED) is 0.402. The second-order valence-electron chi connectivity index (χ2n) is 10.1. The van der Waals surface area contributed by atoms with Gasteiger partial charge < -0.3 is 9.64 Å². The highest BCUT2D eigenvalue weighted by Crippen LogP contribution is 2.41. The Bertz CT molecular complexity index is 1140. The van der Waals surface area contributed by atoms with E-state index in [0.29, 0.717) is 24.6 Å². The van der Waals surface area contributed by atoms with E-state index in [1.165, 1.54) is 12.1 Å². The smallest absolute Gasteiger partial charge is 0.406 e. The summed E-state index contributed by atoms with van der Waals surface area (Å²) in [5.41, 5.74) is 3.45. The highest BCUT2D eigenvalue weighted by molar-refractivity contribution is 5.94. The van der Waals surface area contributed by atoms with Crippen LogP contribution in [0.15, 0.2) is 73.1 Å². The molecule has 1 saturated heterocycles. The van der Waals surface area contributed by atoms with Gasteiger partial charge in [0.1, 0.15) is 5.75 Å². The van der Waals surface area contributed by atoms with Gasteiger partial charge in [-0.2, -0.15) is 0 Å². The Labute approximate surface area is 203 Å². The molecule has 2 atom stereocenters. The molecule has 184 valence electrons. The first-order chi connectivity index (χ1) is 16.5. The molecule has 7 heteroatoms. The lowest BCUT2D eigenvalue weighted by Crippen LogP contribution is -2.28. The van der Waals surface area contributed by atoms with E-state index in [-0.39, 0.29) is 23.0 Å². The number of carbonyl (C=O) groups is 1. The SMILES string of the molecule is CC(C)(C)C(c1ccc(OC(F)(F)F)cc1)c1ccc(C(=O)N2CCC(c3cccnc3)C2)cc1. The number of hydrogen-bond acceptors (Lipinski definition) is 3. The van der Waals surface area contributed by atoms with Crippen LogP contribution >= 0.6 is 0 Å². The number of nitrogens with zero attached hydrogens (tertiary/aromatic N) is 2. The van der Waals surface area contributed by atoms with Crippen molar-refractivity contribution in [3.05, 3.63) is 95.3 Å². The molecule has 1 fully saturated rings. The summed E-state index contributed by atoms with van der Waals surface area (Å²) in [5.74, 6) is -0.0243. The predicted molar refractivity (Wildman–Crippen MR) is 128 cm³/mol. The number of carbonyl (C=O) groups excluding carboxylic acids is 1. The highest BCUT2D eigenvalue weighted by Gasteiger charge is 2.32. The normalized spacial score (nSPS) is 17.3. The number of aromatic nitrogens is 1. The fraction of sp³-hybridized carbons (Fsp3) is 0.357. The van der Waals surface area contributed by atoms with Gasteiger partial charge in [-0.25, -0.2) is 0 Å². The Morgan fingerprint density at radius 1 is 1.00 bits per heavy atom. The van der Waals surface area contributed by atoms with Crippen LogP contribution in [0.1, 0.15) is 66.1 Å². The van der Waals surface area contributed by atoms with Crippen molar-refractivity contribution in [2.75, 3.05) is 13.1 Å². The van der Waals surface area contributed by atoms with E-state index < -0.39 is 6.36 Å². The molecular weight excluding hydrogens is 453 g/mol. The molecule has 0 bridgehead atoms. The maximum atomic E-state index is 13.1. The van der Waals surface area contributed by atoms with Crippen molar-refractivity contribution in [1.29, 1.82) is 0 Å². The topological polar surface area (TPSA) is 42.4 Å². The Balaban J connectivity index is 1.50. The summed E-state index contributed by atoms with van der Waals surface area (Å²) < 4.78 is 41.6. The predicted octanol–water partition coefficient (Wildman–Crippen LogP) is 6.79. The second kappa shape index (κ2) is 9.72. The molecule has 4 nitrogen and oxygen atoms in total. The van der Waals surface area contributed by atoms with Crippen LogP contribution in [0.25, 0.3) is 0 Å². The van der Waals surface area contributed by atoms with Crippen LogP contribution in [0.4, 0.5) is 13.2 Å². The Morgan fingerprint density at radius 2 is 1.63 bits per heavy atom. The van der Waals surface area contributed by atoms with E-state index in [0.717, 1.165) is 23.1 Å². The summed E-state index contributed by atoms with van der Waals surface area (Å²) in [6, 6.07) is 17.5. The third kappa shape index (κ3) is 6.02. The van der Waals surface area contributed by atoms with Gasteiger partial charge in [0, 0.05) is 42.9 Å². The molecule has 1 aliphatic heterocycles. The maximum Gasteiger partial charge on any atom is 0.573 e. The molecule has 0 saturated carbocycles. The summed E-state index contributed by atoms with van der Waals surface area (Å²) in [4.78, 5) is 19.2. The molecule has 35 heavy (non-hydrogen) atoms. The number of pyridine rings is 1. The third-order valence-corrected chi connectivity index (χ3v) is 6.44. The fourth-order valence-electron chi connectivity index (χ4n) is 4.89. The average Bonchev–Trinajstić information content (AvgIpc) is 3.30. The summed E-state index contributed by atoms with van der Waals surface area (Å²) >= 11 is 0. The van der Waals surface area contributed by atoms with Gasteiger partial charge in [0.05, 0.1) is 0 Å². The van der Waals surface area contributed by atoms with Crippen LogP contribution in [-0.4, -0.2) is 35.2 Å². The molecule has 1 aromatic heterocycles. The Morgan fingerprint density at radius 3 is 2.17 bits per heavy atom. The molecule has 4 rings (SSSR count). The van der Waals surface area contributed by atoms with Crippen molar-refractivity contribution in [3.8, 4) is 5.75 Å². The van der Waals surface area contributed by atoms with E-state index in [9.17, 15) is 18.0 Å². The van der Waals surface area contributed by atoms with E-state index in [2.05, 4.69) is 36.6 Å². The van der Waals surface area contributed by atoms with Gasteiger partial charge in [-0.05, 0) is 58.9 Å². The first-order valence-electron chi connectivity index (χ1n) is 11.7. The van der Waals surface area contributed by atoms with Crippen molar-refractivity contribution in [1.82, 2.24) is 9.88 Å². The number of likely N-dealkylation sites (tertiary alicyclic amines) is 1. The molecule has 0 spiro atoms. The van der Waals surface area contributed by atoms with Crippen LogP contribution in [0.5, 0.6) is 5.75 Å². The van der Waals surface area contributed by atoms with Crippen LogP contribution < -0.4 is 4.74 Å². The summed E-state index contributed by atoms with van der Waals surface area (Å²) in [5, 5.41) is 0. The fourth-order valence-corrected chi connectivity index (χ4v) is 4.89. The van der Waals surface area contributed by atoms with Crippen LogP contribution in [0, 0.1) is 5.41 Å². The number of amides is 1. The van der Waals surface area contributed by atoms with Crippen molar-refractivity contribution >= 4 is 5.91 Å². The van der Waals surface area contributed by atoms with E-state index in [4.69, 9.17) is 0 Å². The van der Waals surface area contributed by atoms with Gasteiger partial charge in [-0.15, -0.1) is 13.2 Å². The first kappa shape index (κ1) is 24.8. The zero-order chi connectivity index (χ0) is 25.2. The zero-order valence-electron chi connectivity index (χ0n) is 20.0. The van der Waals surface area contributed by atoms with Gasteiger partial charge >= 0.3 is 6.36 Å². The molecule has 0 radical (unpaired) electrons. The first-order valence-corrected chi connectivity index (χ1v) is 11.7. The summed E-state index contributed by atoms with van der Waals surface area (Å²) in [7, 11) is 0. The van der Waals surface area contributed by atoms with E-state index in [1.807, 2.05) is 41.4 Å². The second-order valence-corrected chi connectivity index (χ2v) is 10.1. The molecule has 0 aliphatic carbocycles. The molecule has 2 aromatic carbocycles. The number of halogens is 3. The number of alkyl halides is 3. The maximum absolute atomic E-state index is 13.1. The van der Waals surface area contributed by atoms with Crippen molar-refractivity contribution in [2.24, 2.45) is 5.41 Å². The minimum Gasteiger partial charge on any atom is -0.406 e. The van der Waals surface area contributed by atoms with Crippen molar-refractivity contribution < 1.29 is 22.7 Å². The lowest BCUT2D eigenvalue weighted by atomic mass is 9.72. The van der Waals surface area contributed by atoms with Gasteiger partial charge in [-0.1, -0.05) is 51.1 Å². The zero-order valence-corrected chi connectivity index (χ0v) is 20.0. The van der Waals surface area contributed by atoms with E-state index in [1.54, 1.807) is 18.3 Å². The molecular formula is C28H29F3N2O2. The number of hydrogen-bond donors (Lipinski definition) is 0. The average molecular weight is 483 g/mol. The number of benzene rings is 2. The number of ether oxygens (including phenoxy) is 1. The van der Waals surface area contributed by atoms with Gasteiger partial charge in [-0.3, -0.25) is 9.78 Å². The number of rotatable bonds is 5. The van der Waals surface area contributed by atoms with Gasteiger partial charge in [0.2, 0.25) is 0 Å². The minimum atomic E-state index is -4.72. The monoisotopic (exact) mass is 482 g/mol. The molecule has 2 unspecified atom stereocenters. The van der Waals surface area contributed by atoms with Gasteiger partial charge in [0.15, 0.2) is 0 Å². The van der Waals surface area contributed by atoms with Crippen molar-refractivity contribution in [2.45, 2.75) is 45.4 Å². The standard InChI is InChI=1S/C28H29F3N2O2/c1-27(2,3)25(20-10-12-24(13-11-20)35-28(29,30)31)19-6-8-21(9-7-19)26(34)33-16-14-23(18-33)22-5-4-15-32-17-22/h4-13,15,17,23,25H,14,16,18H2,1-3H3. The van der Waals surface area contributed by atoms with Crippen LogP contribution in [-0.2, 0) is 0 Å². The summed E-state index contributed by atoms with van der Waals surface area (Å²) in [6.45, 7) is 7.62. The van der Waals surface area contributed by atoms with Crippen LogP contribution in [0.3, 0.4) is 0 Å². The van der Waals surface area contributed by atoms with Gasteiger partial charge in [0.25, 0.3) is 5.91 Å². The lowest BCUT2D eigenvalue weighted by molar-refractivity contribution is -0.274. The third-order valence-electron chi connectivity index (χ3n) is 6.44. The summed E-state index contributed by atoms with van der Waals surface area (Å²) in [6.07, 6.45) is -0.198. The molecule has 0 N–H and O–H groups in total. The largest absolute Gasteiger partial charge is 0.573 e. The van der Waals surface area contributed by atoms with E-state index >= 15 is 0 Å². The Hall–Kier alpha value is -3.35. The molecule has 3 aromatic rings. The Kier molecular flexibility index (Phi) is 6.88. The minimum absolute atomic E-state index is 0.00361. The molecule has 1 amide bonds. The highest BCUT2D eigenvalue weighted by atomic mass is 19.4. The van der Waals surface area contributed by atoms with Crippen LogP contribution in [0.2, 0.25) is 0 Å². The molecule has 1 aliphatic rings.